The largest absolute Gasteiger partial charge is 0.479 e. The van der Waals surface area contributed by atoms with E-state index < -0.39 is 12.7 Å². The molecule has 0 aromatic heterocycles. The fourth-order valence-corrected chi connectivity index (χ4v) is 1.53. The van der Waals surface area contributed by atoms with E-state index in [1.807, 2.05) is 0 Å². The molecule has 0 bridgehead atoms. The molecule has 7 heteroatoms. The number of hydrogen-bond donors (Lipinski definition) is 2. The van der Waals surface area contributed by atoms with E-state index in [9.17, 15) is 13.9 Å². The first-order valence-corrected chi connectivity index (χ1v) is 5.46. The number of hydrogen-bond acceptors (Lipinski definition) is 4. The summed E-state index contributed by atoms with van der Waals surface area (Å²) in [6, 6.07) is 3.71. The lowest BCUT2D eigenvalue weighted by molar-refractivity contribution is -0.0499. The van der Waals surface area contributed by atoms with E-state index in [4.69, 9.17) is 21.7 Å². The third-order valence-electron chi connectivity index (χ3n) is 1.98. The molecule has 1 atom stereocenters. The lowest BCUT2D eigenvalue weighted by Crippen LogP contribution is -2.15. The summed E-state index contributed by atoms with van der Waals surface area (Å²) < 4.78 is 33.1. The van der Waals surface area contributed by atoms with Crippen LogP contribution < -0.4 is 4.74 Å². The maximum absolute atomic E-state index is 12.1. The molecule has 1 rings (SSSR count). The topological polar surface area (TPSA) is 62.5 Å². The first-order valence-electron chi connectivity index (χ1n) is 5.08. The highest BCUT2D eigenvalue weighted by Crippen LogP contribution is 2.26. The van der Waals surface area contributed by atoms with Gasteiger partial charge in [-0.2, -0.15) is 8.78 Å². The zero-order valence-electron chi connectivity index (χ0n) is 9.49. The van der Waals surface area contributed by atoms with Crippen LogP contribution in [0.5, 0.6) is 5.75 Å². The van der Waals surface area contributed by atoms with Gasteiger partial charge in [0.2, 0.25) is 5.90 Å². The minimum absolute atomic E-state index is 0.117. The average Bonchev–Trinajstić information content (AvgIpc) is 2.26. The lowest BCUT2D eigenvalue weighted by atomic mass is 10.1. The molecule has 0 aliphatic carbocycles. The maximum Gasteiger partial charge on any atom is 0.387 e. The molecule has 0 aliphatic heterocycles. The molecule has 1 unspecified atom stereocenters. The molecule has 0 saturated heterocycles. The molecule has 4 nitrogen and oxygen atoms in total. The summed E-state index contributed by atoms with van der Waals surface area (Å²) >= 11 is 5.71. The van der Waals surface area contributed by atoms with Crippen LogP contribution >= 0.6 is 11.6 Å². The Morgan fingerprint density at radius 2 is 2.11 bits per heavy atom. The molecule has 0 saturated carbocycles. The number of aliphatic hydroxyl groups excluding tert-OH is 1. The molecule has 100 valence electrons. The molecule has 0 heterocycles. The second-order valence-corrected chi connectivity index (χ2v) is 3.74. The van der Waals surface area contributed by atoms with Gasteiger partial charge in [0.05, 0.1) is 6.61 Å². The van der Waals surface area contributed by atoms with E-state index >= 15 is 0 Å². The van der Waals surface area contributed by atoms with Gasteiger partial charge in [0.1, 0.15) is 5.75 Å². The van der Waals surface area contributed by atoms with Gasteiger partial charge in [-0.15, -0.1) is 0 Å². The van der Waals surface area contributed by atoms with Crippen molar-refractivity contribution in [1.82, 2.24) is 0 Å². The summed E-state index contributed by atoms with van der Waals surface area (Å²) in [5.41, 5.74) is 0.150. The van der Waals surface area contributed by atoms with Gasteiger partial charge in [-0.3, -0.25) is 5.41 Å². The number of alkyl halides is 2. The minimum atomic E-state index is -2.99. The Labute approximate surface area is 108 Å². The molecule has 2 N–H and O–H groups in total. The molecule has 0 radical (unpaired) electrons. The van der Waals surface area contributed by atoms with Crippen molar-refractivity contribution in [3.8, 4) is 5.75 Å². The van der Waals surface area contributed by atoms with Crippen LogP contribution in [-0.2, 0) is 4.74 Å². The van der Waals surface area contributed by atoms with Crippen LogP contribution in [0.25, 0.3) is 0 Å². The zero-order chi connectivity index (χ0) is 13.7. The molecular formula is C11H12ClF2NO3. The second-order valence-electron chi connectivity index (χ2n) is 3.30. The standard InChI is InChI=1S/C11H12ClF2NO3/c1-2-17-10(15)9(16)6-3-7(12)5-8(4-6)18-11(13)14/h3-5,9,11,15-16H,2H2,1H3. The van der Waals surface area contributed by atoms with E-state index in [-0.39, 0.29) is 28.8 Å². The van der Waals surface area contributed by atoms with Gasteiger partial charge in [0, 0.05) is 5.02 Å². The first kappa shape index (κ1) is 14.7. The predicted molar refractivity (Wildman–Crippen MR) is 62.4 cm³/mol. The number of ether oxygens (including phenoxy) is 2. The summed E-state index contributed by atoms with van der Waals surface area (Å²) in [6.45, 7) is -1.11. The fourth-order valence-electron chi connectivity index (χ4n) is 1.30. The molecule has 18 heavy (non-hydrogen) atoms. The van der Waals surface area contributed by atoms with Crippen LogP contribution in [0.2, 0.25) is 5.02 Å². The molecule has 1 aromatic carbocycles. The van der Waals surface area contributed by atoms with Crippen LogP contribution in [0, 0.1) is 5.41 Å². The van der Waals surface area contributed by atoms with Gasteiger partial charge in [-0.1, -0.05) is 11.6 Å². The van der Waals surface area contributed by atoms with Gasteiger partial charge in [-0.05, 0) is 30.7 Å². The average molecular weight is 280 g/mol. The van der Waals surface area contributed by atoms with Gasteiger partial charge in [-0.25, -0.2) is 0 Å². The predicted octanol–water partition coefficient (Wildman–Crippen LogP) is 2.99. The van der Waals surface area contributed by atoms with E-state index in [1.165, 1.54) is 18.2 Å². The summed E-state index contributed by atoms with van der Waals surface area (Å²) in [7, 11) is 0. The number of aliphatic hydroxyl groups is 1. The Morgan fingerprint density at radius 3 is 2.67 bits per heavy atom. The van der Waals surface area contributed by atoms with Gasteiger partial charge < -0.3 is 14.6 Å². The van der Waals surface area contributed by atoms with E-state index in [1.54, 1.807) is 6.92 Å². The Balaban J connectivity index is 2.94. The molecule has 0 spiro atoms. The van der Waals surface area contributed by atoms with Gasteiger partial charge >= 0.3 is 6.61 Å². The smallest absolute Gasteiger partial charge is 0.387 e. The van der Waals surface area contributed by atoms with E-state index in [2.05, 4.69) is 4.74 Å². The Hall–Kier alpha value is -1.40. The van der Waals surface area contributed by atoms with Crippen molar-refractivity contribution < 1.29 is 23.4 Å². The van der Waals surface area contributed by atoms with Crippen LogP contribution in [0.15, 0.2) is 18.2 Å². The van der Waals surface area contributed by atoms with Crippen LogP contribution in [-0.4, -0.2) is 24.2 Å². The first-order chi connectivity index (χ1) is 8.43. The van der Waals surface area contributed by atoms with Crippen molar-refractivity contribution in [3.05, 3.63) is 28.8 Å². The van der Waals surface area contributed by atoms with Gasteiger partial charge in [0.15, 0.2) is 6.10 Å². The van der Waals surface area contributed by atoms with E-state index in [0.717, 1.165) is 0 Å². The highest BCUT2D eigenvalue weighted by Gasteiger charge is 2.17. The molecule has 0 aliphatic rings. The van der Waals surface area contributed by atoms with Crippen molar-refractivity contribution in [2.24, 2.45) is 0 Å². The van der Waals surface area contributed by atoms with Crippen molar-refractivity contribution in [2.75, 3.05) is 6.61 Å². The highest BCUT2D eigenvalue weighted by molar-refractivity contribution is 6.30. The minimum Gasteiger partial charge on any atom is -0.479 e. The third-order valence-corrected chi connectivity index (χ3v) is 2.20. The number of halogens is 3. The zero-order valence-corrected chi connectivity index (χ0v) is 10.2. The third kappa shape index (κ3) is 4.12. The Kier molecular flexibility index (Phi) is 5.30. The molecular weight excluding hydrogens is 268 g/mol. The SMILES string of the molecule is CCOC(=N)C(O)c1cc(Cl)cc(OC(F)F)c1. The highest BCUT2D eigenvalue weighted by atomic mass is 35.5. The summed E-state index contributed by atoms with van der Waals surface area (Å²) in [4.78, 5) is 0. The normalized spacial score (nSPS) is 12.3. The summed E-state index contributed by atoms with van der Waals surface area (Å²) in [5.74, 6) is -0.571. The second kappa shape index (κ2) is 6.51. The monoisotopic (exact) mass is 279 g/mol. The fraction of sp³-hybridized carbons (Fsp3) is 0.364. The van der Waals surface area contributed by atoms with Crippen LogP contribution in [0.1, 0.15) is 18.6 Å². The Bertz CT molecular complexity index is 429. The number of rotatable bonds is 5. The maximum atomic E-state index is 12.1. The number of nitrogens with one attached hydrogen (secondary N) is 1. The van der Waals surface area contributed by atoms with Crippen molar-refractivity contribution in [1.29, 1.82) is 5.41 Å². The quantitative estimate of drug-likeness (QED) is 0.643. The van der Waals surface area contributed by atoms with Crippen LogP contribution in [0.4, 0.5) is 8.78 Å². The number of benzene rings is 1. The van der Waals surface area contributed by atoms with Crippen molar-refractivity contribution in [3.63, 3.8) is 0 Å². The van der Waals surface area contributed by atoms with E-state index in [0.29, 0.717) is 0 Å². The van der Waals surface area contributed by atoms with Crippen molar-refractivity contribution in [2.45, 2.75) is 19.6 Å². The molecule has 0 amide bonds. The molecule has 1 aromatic rings. The van der Waals surface area contributed by atoms with Crippen LogP contribution in [0.3, 0.4) is 0 Å². The molecule has 0 fully saturated rings. The Morgan fingerprint density at radius 1 is 1.44 bits per heavy atom. The van der Waals surface area contributed by atoms with Gasteiger partial charge in [0.25, 0.3) is 0 Å². The lowest BCUT2D eigenvalue weighted by Gasteiger charge is -2.14. The summed E-state index contributed by atoms with van der Waals surface area (Å²) in [5, 5.41) is 17.3. The van der Waals surface area contributed by atoms with Crippen molar-refractivity contribution >= 4 is 17.5 Å². The summed E-state index contributed by atoms with van der Waals surface area (Å²) in [6.07, 6.45) is -1.37.